The van der Waals surface area contributed by atoms with Crippen molar-refractivity contribution in [3.8, 4) is 11.1 Å². The number of carbonyl (C=O) groups excluding carboxylic acids is 2. The molecule has 2 amide bonds. The second-order valence-electron chi connectivity index (χ2n) is 9.05. The molecule has 3 aromatic rings. The van der Waals surface area contributed by atoms with Crippen molar-refractivity contribution in [2.75, 3.05) is 13.7 Å². The number of furan rings is 1. The SMILES string of the molecule is CN(Cc1ccc(C(=O)O)o1)C(=O)C(NC(=O)OCC1c2ccccc2-c2ccccc21)C1CC1. The molecular formula is C27H26N2O6. The van der Waals surface area contributed by atoms with E-state index in [0.717, 1.165) is 35.1 Å². The van der Waals surface area contributed by atoms with Crippen LogP contribution in [0.15, 0.2) is 65.1 Å². The fourth-order valence-electron chi connectivity index (χ4n) is 4.70. The number of hydrogen-bond acceptors (Lipinski definition) is 5. The first-order valence-electron chi connectivity index (χ1n) is 11.6. The van der Waals surface area contributed by atoms with Crippen LogP contribution in [0, 0.1) is 5.92 Å². The minimum Gasteiger partial charge on any atom is -0.475 e. The number of benzene rings is 2. The third-order valence-corrected chi connectivity index (χ3v) is 6.62. The summed E-state index contributed by atoms with van der Waals surface area (Å²) in [6, 6.07) is 18.4. The summed E-state index contributed by atoms with van der Waals surface area (Å²) in [6.07, 6.45) is 1.06. The highest BCUT2D eigenvalue weighted by atomic mass is 16.5. The minimum atomic E-state index is -1.17. The second kappa shape index (κ2) is 9.29. The van der Waals surface area contributed by atoms with E-state index in [1.165, 1.54) is 17.0 Å². The van der Waals surface area contributed by atoms with Gasteiger partial charge < -0.3 is 24.5 Å². The molecule has 0 bridgehead atoms. The molecule has 2 aromatic carbocycles. The van der Waals surface area contributed by atoms with E-state index in [1.54, 1.807) is 7.05 Å². The Labute approximate surface area is 202 Å². The van der Waals surface area contributed by atoms with E-state index in [4.69, 9.17) is 14.3 Å². The molecule has 0 spiro atoms. The number of ether oxygens (including phenoxy) is 1. The van der Waals surface area contributed by atoms with Crippen molar-refractivity contribution in [3.05, 3.63) is 83.3 Å². The molecule has 1 atom stereocenters. The molecule has 0 aliphatic heterocycles. The number of alkyl carbamates (subject to hydrolysis) is 1. The van der Waals surface area contributed by atoms with Gasteiger partial charge in [0.25, 0.3) is 0 Å². The van der Waals surface area contributed by atoms with E-state index in [-0.39, 0.29) is 36.7 Å². The van der Waals surface area contributed by atoms with E-state index in [2.05, 4.69) is 29.6 Å². The molecule has 1 aromatic heterocycles. The van der Waals surface area contributed by atoms with Gasteiger partial charge in [0.2, 0.25) is 11.7 Å². The van der Waals surface area contributed by atoms with Gasteiger partial charge in [-0.15, -0.1) is 0 Å². The fraction of sp³-hybridized carbons (Fsp3) is 0.296. The van der Waals surface area contributed by atoms with Crippen molar-refractivity contribution < 1.29 is 28.6 Å². The molecule has 180 valence electrons. The number of likely N-dealkylation sites (N-methyl/N-ethyl adjacent to an activating group) is 1. The number of nitrogens with zero attached hydrogens (tertiary/aromatic N) is 1. The molecular weight excluding hydrogens is 448 g/mol. The van der Waals surface area contributed by atoms with Gasteiger partial charge in [-0.25, -0.2) is 9.59 Å². The van der Waals surface area contributed by atoms with Gasteiger partial charge in [0.05, 0.1) is 6.54 Å². The van der Waals surface area contributed by atoms with E-state index in [1.807, 2.05) is 24.3 Å². The molecule has 0 saturated heterocycles. The Kier molecular flexibility index (Phi) is 6.03. The molecule has 8 nitrogen and oxygen atoms in total. The average molecular weight is 475 g/mol. The number of hydrogen-bond donors (Lipinski definition) is 2. The van der Waals surface area contributed by atoms with E-state index < -0.39 is 18.1 Å². The highest BCUT2D eigenvalue weighted by Gasteiger charge is 2.39. The Morgan fingerprint density at radius 3 is 2.23 bits per heavy atom. The van der Waals surface area contributed by atoms with Crippen molar-refractivity contribution in [3.63, 3.8) is 0 Å². The second-order valence-corrected chi connectivity index (χ2v) is 9.05. The first-order valence-corrected chi connectivity index (χ1v) is 11.6. The normalized spacial score (nSPS) is 15.1. The Hall–Kier alpha value is -4.07. The molecule has 1 saturated carbocycles. The Bertz CT molecular complexity index is 1230. The van der Waals surface area contributed by atoms with Crippen molar-refractivity contribution in [1.29, 1.82) is 0 Å². The van der Waals surface area contributed by atoms with Crippen molar-refractivity contribution >= 4 is 18.0 Å². The maximum Gasteiger partial charge on any atom is 0.407 e. The first kappa shape index (κ1) is 22.7. The monoisotopic (exact) mass is 474 g/mol. The highest BCUT2D eigenvalue weighted by molar-refractivity contribution is 5.86. The van der Waals surface area contributed by atoms with Crippen LogP contribution in [-0.4, -0.2) is 47.7 Å². The van der Waals surface area contributed by atoms with Crippen LogP contribution in [-0.2, 0) is 16.1 Å². The summed E-state index contributed by atoms with van der Waals surface area (Å²) in [5.74, 6) is -1.28. The van der Waals surface area contributed by atoms with Crippen molar-refractivity contribution in [1.82, 2.24) is 10.2 Å². The number of carbonyl (C=O) groups is 3. The van der Waals surface area contributed by atoms with Gasteiger partial charge in [0.1, 0.15) is 18.4 Å². The molecule has 2 aliphatic carbocycles. The highest BCUT2D eigenvalue weighted by Crippen LogP contribution is 2.44. The van der Waals surface area contributed by atoms with Gasteiger partial charge in [0.15, 0.2) is 0 Å². The van der Waals surface area contributed by atoms with Crippen LogP contribution in [0.3, 0.4) is 0 Å². The summed E-state index contributed by atoms with van der Waals surface area (Å²) in [4.78, 5) is 38.3. The summed E-state index contributed by atoms with van der Waals surface area (Å²) in [7, 11) is 1.60. The summed E-state index contributed by atoms with van der Waals surface area (Å²) in [6.45, 7) is 0.271. The molecule has 1 heterocycles. The third-order valence-electron chi connectivity index (χ3n) is 6.62. The number of rotatable bonds is 8. The summed E-state index contributed by atoms with van der Waals surface area (Å²) < 4.78 is 10.9. The predicted molar refractivity (Wildman–Crippen MR) is 127 cm³/mol. The zero-order chi connectivity index (χ0) is 24.5. The van der Waals surface area contributed by atoms with Crippen molar-refractivity contribution in [2.24, 2.45) is 5.92 Å². The number of amides is 2. The minimum absolute atomic E-state index is 0.0524. The largest absolute Gasteiger partial charge is 0.475 e. The molecule has 5 rings (SSSR count). The molecule has 2 N–H and O–H groups in total. The van der Waals surface area contributed by atoms with E-state index in [9.17, 15) is 14.4 Å². The standard InChI is InChI=1S/C27H26N2O6/c1-29(14-17-12-13-23(35-17)26(31)32)25(30)24(16-10-11-16)28-27(33)34-15-22-20-8-4-2-6-18(20)19-7-3-5-9-21(19)22/h2-9,12-13,16,22,24H,10-11,14-15H2,1H3,(H,28,33)(H,31,32). The number of nitrogens with one attached hydrogen (secondary N) is 1. The van der Waals surface area contributed by atoms with Crippen LogP contribution in [0.2, 0.25) is 0 Å². The number of fused-ring (bicyclic) bond motifs is 3. The van der Waals surface area contributed by atoms with E-state index >= 15 is 0 Å². The van der Waals surface area contributed by atoms with Gasteiger partial charge >= 0.3 is 12.1 Å². The molecule has 1 unspecified atom stereocenters. The molecule has 2 aliphatic rings. The van der Waals surface area contributed by atoms with Crippen LogP contribution < -0.4 is 5.32 Å². The molecule has 35 heavy (non-hydrogen) atoms. The lowest BCUT2D eigenvalue weighted by atomic mass is 9.98. The summed E-state index contributed by atoms with van der Waals surface area (Å²) in [5, 5.41) is 11.8. The van der Waals surface area contributed by atoms with Crippen molar-refractivity contribution in [2.45, 2.75) is 31.3 Å². The molecule has 8 heteroatoms. The number of carboxylic acids is 1. The smallest absolute Gasteiger partial charge is 0.407 e. The van der Waals surface area contributed by atoms with Gasteiger partial charge in [-0.05, 0) is 53.1 Å². The van der Waals surface area contributed by atoms with Crippen LogP contribution >= 0.6 is 0 Å². The zero-order valence-electron chi connectivity index (χ0n) is 19.3. The Balaban J connectivity index is 1.22. The summed E-state index contributed by atoms with van der Waals surface area (Å²) >= 11 is 0. The fourth-order valence-corrected chi connectivity index (χ4v) is 4.70. The van der Waals surface area contributed by atoms with Crippen LogP contribution in [0.1, 0.15) is 46.2 Å². The maximum atomic E-state index is 13.1. The predicted octanol–water partition coefficient (Wildman–Crippen LogP) is 4.25. The van der Waals surface area contributed by atoms with Crippen LogP contribution in [0.4, 0.5) is 4.79 Å². The molecule has 0 radical (unpaired) electrons. The lowest BCUT2D eigenvalue weighted by molar-refractivity contribution is -0.133. The Morgan fingerprint density at radius 1 is 1.03 bits per heavy atom. The maximum absolute atomic E-state index is 13.1. The number of carboxylic acid groups (broad SMARTS) is 1. The van der Waals surface area contributed by atoms with Gasteiger partial charge in [-0.1, -0.05) is 48.5 Å². The quantitative estimate of drug-likeness (QED) is 0.505. The lowest BCUT2D eigenvalue weighted by Crippen LogP contribution is -2.48. The number of aromatic carboxylic acids is 1. The average Bonchev–Trinajstić information content (AvgIpc) is 3.50. The molecule has 1 fully saturated rings. The first-order chi connectivity index (χ1) is 16.9. The van der Waals surface area contributed by atoms with Gasteiger partial charge in [-0.3, -0.25) is 4.79 Å². The van der Waals surface area contributed by atoms with Crippen LogP contribution in [0.5, 0.6) is 0 Å². The zero-order valence-corrected chi connectivity index (χ0v) is 19.3. The van der Waals surface area contributed by atoms with Gasteiger partial charge in [-0.2, -0.15) is 0 Å². The summed E-state index contributed by atoms with van der Waals surface area (Å²) in [5.41, 5.74) is 4.54. The van der Waals surface area contributed by atoms with Gasteiger partial charge in [0, 0.05) is 13.0 Å². The Morgan fingerprint density at radius 2 is 1.66 bits per heavy atom. The lowest BCUT2D eigenvalue weighted by Gasteiger charge is -2.24. The third kappa shape index (κ3) is 4.64. The van der Waals surface area contributed by atoms with Crippen LogP contribution in [0.25, 0.3) is 11.1 Å². The topological polar surface area (TPSA) is 109 Å². The van der Waals surface area contributed by atoms with E-state index in [0.29, 0.717) is 5.76 Å².